The van der Waals surface area contributed by atoms with E-state index < -0.39 is 0 Å². The topological polar surface area (TPSA) is 86.5 Å². The molecule has 0 aliphatic carbocycles. The minimum atomic E-state index is -0.308. The van der Waals surface area contributed by atoms with E-state index in [0.717, 1.165) is 0 Å². The van der Waals surface area contributed by atoms with E-state index in [1.54, 1.807) is 6.07 Å². The molecule has 0 unspecified atom stereocenters. The molecule has 7 nitrogen and oxygen atoms in total. The van der Waals surface area contributed by atoms with Gasteiger partial charge in [0.15, 0.2) is 5.65 Å². The quantitative estimate of drug-likeness (QED) is 0.757. The maximum Gasteiger partial charge on any atom is 0.348 e. The zero-order valence-corrected chi connectivity index (χ0v) is 9.79. The molecule has 0 bridgehead atoms. The molecule has 2 aromatic rings. The van der Waals surface area contributed by atoms with E-state index in [2.05, 4.69) is 15.2 Å². The van der Waals surface area contributed by atoms with Crippen LogP contribution in [0.15, 0.2) is 17.2 Å². The minimum absolute atomic E-state index is 0.0540. The number of fused-ring (bicyclic) bond motifs is 1. The van der Waals surface area contributed by atoms with E-state index in [1.807, 2.05) is 18.7 Å². The Hall–Kier alpha value is -1.89. The van der Waals surface area contributed by atoms with Crippen molar-refractivity contribution in [3.05, 3.63) is 22.9 Å². The highest BCUT2D eigenvalue weighted by Crippen LogP contribution is 2.13. The van der Waals surface area contributed by atoms with Gasteiger partial charge in [0.05, 0.1) is 6.61 Å². The average molecular weight is 237 g/mol. The van der Waals surface area contributed by atoms with Gasteiger partial charge in [-0.15, -0.1) is 0 Å². The molecular formula is C10H15N5O2. The maximum atomic E-state index is 11.3. The van der Waals surface area contributed by atoms with E-state index in [1.165, 1.54) is 10.7 Å². The Balaban J connectivity index is 2.43. The molecule has 0 amide bonds. The van der Waals surface area contributed by atoms with Crippen LogP contribution in [0, 0.1) is 0 Å². The molecule has 17 heavy (non-hydrogen) atoms. The molecule has 7 heteroatoms. The van der Waals surface area contributed by atoms with Crippen LogP contribution < -0.4 is 10.6 Å². The molecule has 0 aliphatic heterocycles. The summed E-state index contributed by atoms with van der Waals surface area (Å²) in [7, 11) is 0. The second kappa shape index (κ2) is 4.54. The van der Waals surface area contributed by atoms with Crippen molar-refractivity contribution in [2.75, 3.05) is 18.1 Å². The number of anilines is 1. The van der Waals surface area contributed by atoms with Crippen molar-refractivity contribution in [2.45, 2.75) is 19.9 Å². The van der Waals surface area contributed by atoms with Gasteiger partial charge >= 0.3 is 5.69 Å². The molecule has 92 valence electrons. The fraction of sp³-hybridized carbons (Fsp3) is 0.500. The first-order valence-electron chi connectivity index (χ1n) is 5.43. The average Bonchev–Trinajstić information content (AvgIpc) is 2.67. The zero-order valence-electron chi connectivity index (χ0n) is 9.79. The van der Waals surface area contributed by atoms with E-state index in [4.69, 9.17) is 5.11 Å². The fourth-order valence-electron chi connectivity index (χ4n) is 1.70. The number of aromatic nitrogens is 4. The number of H-pyrrole nitrogens is 1. The van der Waals surface area contributed by atoms with Crippen LogP contribution in [0.2, 0.25) is 0 Å². The molecule has 2 aromatic heterocycles. The van der Waals surface area contributed by atoms with Crippen LogP contribution in [0.4, 0.5) is 5.82 Å². The van der Waals surface area contributed by atoms with Crippen LogP contribution in [0.1, 0.15) is 13.8 Å². The van der Waals surface area contributed by atoms with Crippen molar-refractivity contribution >= 4 is 11.5 Å². The lowest BCUT2D eigenvalue weighted by Gasteiger charge is -2.26. The number of hydrogen-bond acceptors (Lipinski definition) is 5. The summed E-state index contributed by atoms with van der Waals surface area (Å²) < 4.78 is 1.33. The predicted molar refractivity (Wildman–Crippen MR) is 63.2 cm³/mol. The van der Waals surface area contributed by atoms with Gasteiger partial charge in [0, 0.05) is 18.7 Å². The third kappa shape index (κ3) is 2.14. The van der Waals surface area contributed by atoms with Crippen molar-refractivity contribution in [3.63, 3.8) is 0 Å². The number of aliphatic hydroxyl groups is 1. The molecule has 2 rings (SSSR count). The Morgan fingerprint density at radius 2 is 2.35 bits per heavy atom. The lowest BCUT2D eigenvalue weighted by molar-refractivity contribution is 0.298. The summed E-state index contributed by atoms with van der Waals surface area (Å²) in [6.45, 7) is 4.57. The van der Waals surface area contributed by atoms with Gasteiger partial charge in [0.25, 0.3) is 0 Å². The van der Waals surface area contributed by atoms with Crippen molar-refractivity contribution in [2.24, 2.45) is 0 Å². The number of nitrogens with zero attached hydrogens (tertiary/aromatic N) is 4. The second-order valence-electron chi connectivity index (χ2n) is 4.01. The molecule has 2 N–H and O–H groups in total. The van der Waals surface area contributed by atoms with Crippen LogP contribution in [0.3, 0.4) is 0 Å². The van der Waals surface area contributed by atoms with Gasteiger partial charge in [0.1, 0.15) is 12.1 Å². The van der Waals surface area contributed by atoms with Crippen molar-refractivity contribution in [1.82, 2.24) is 19.6 Å². The first kappa shape index (κ1) is 11.6. The molecule has 0 radical (unpaired) electrons. The number of aromatic amines is 1. The third-order valence-corrected chi connectivity index (χ3v) is 2.55. The minimum Gasteiger partial charge on any atom is -0.395 e. The van der Waals surface area contributed by atoms with Crippen molar-refractivity contribution in [1.29, 1.82) is 0 Å². The number of nitrogens with one attached hydrogen (secondary N) is 1. The highest BCUT2D eigenvalue weighted by atomic mass is 16.3. The monoisotopic (exact) mass is 237 g/mol. The summed E-state index contributed by atoms with van der Waals surface area (Å²) in [5.74, 6) is 0.695. The van der Waals surface area contributed by atoms with Gasteiger partial charge < -0.3 is 10.0 Å². The molecular weight excluding hydrogens is 222 g/mol. The lowest BCUT2D eigenvalue weighted by Crippen LogP contribution is -2.34. The van der Waals surface area contributed by atoms with Crippen LogP contribution in [0.25, 0.3) is 5.65 Å². The van der Waals surface area contributed by atoms with Gasteiger partial charge in [-0.3, -0.25) is 0 Å². The maximum absolute atomic E-state index is 11.3. The molecule has 0 aromatic carbocycles. The fourth-order valence-corrected chi connectivity index (χ4v) is 1.70. The Morgan fingerprint density at radius 1 is 1.59 bits per heavy atom. The summed E-state index contributed by atoms with van der Waals surface area (Å²) in [4.78, 5) is 17.4. The van der Waals surface area contributed by atoms with Crippen molar-refractivity contribution < 1.29 is 5.11 Å². The van der Waals surface area contributed by atoms with Gasteiger partial charge in [-0.05, 0) is 13.8 Å². The lowest BCUT2D eigenvalue weighted by atomic mass is 10.3. The highest BCUT2D eigenvalue weighted by molar-refractivity contribution is 5.50. The van der Waals surface area contributed by atoms with Crippen molar-refractivity contribution in [3.8, 4) is 0 Å². The summed E-state index contributed by atoms with van der Waals surface area (Å²) in [6, 6.07) is 1.93. The van der Waals surface area contributed by atoms with E-state index in [0.29, 0.717) is 18.0 Å². The van der Waals surface area contributed by atoms with Gasteiger partial charge in [-0.2, -0.15) is 5.10 Å². The summed E-state index contributed by atoms with van der Waals surface area (Å²) in [5, 5.41) is 15.2. The Kier molecular flexibility index (Phi) is 3.10. The molecule has 0 saturated carbocycles. The zero-order chi connectivity index (χ0) is 12.4. The summed E-state index contributed by atoms with van der Waals surface area (Å²) >= 11 is 0. The van der Waals surface area contributed by atoms with E-state index in [-0.39, 0.29) is 18.3 Å². The largest absolute Gasteiger partial charge is 0.395 e. The molecule has 0 aliphatic rings. The molecule has 0 fully saturated rings. The van der Waals surface area contributed by atoms with Crippen LogP contribution in [0.5, 0.6) is 0 Å². The SMILES string of the molecule is CC(C)N(CCO)c1cc2n[nH]c(=O)n2cn1. The van der Waals surface area contributed by atoms with Crippen LogP contribution in [-0.2, 0) is 0 Å². The smallest absolute Gasteiger partial charge is 0.348 e. The van der Waals surface area contributed by atoms with E-state index >= 15 is 0 Å². The Bertz CT molecular complexity index is 559. The Morgan fingerprint density at radius 3 is 3.00 bits per heavy atom. The normalized spacial score (nSPS) is 11.3. The standard InChI is InChI=1S/C10H15N5O2/c1-7(2)14(3-4-16)8-5-9-12-13-10(17)15(9)6-11-8/h5-7,16H,3-4H2,1-2H3,(H,13,17). The van der Waals surface area contributed by atoms with Gasteiger partial charge in [-0.1, -0.05) is 0 Å². The summed E-state index contributed by atoms with van der Waals surface area (Å²) in [5.41, 5.74) is 0.209. The second-order valence-corrected chi connectivity index (χ2v) is 4.01. The Labute approximate surface area is 97.7 Å². The van der Waals surface area contributed by atoms with E-state index in [9.17, 15) is 4.79 Å². The predicted octanol–water partition coefficient (Wildman–Crippen LogP) is -0.375. The molecule has 2 heterocycles. The first-order valence-corrected chi connectivity index (χ1v) is 5.43. The molecule has 0 spiro atoms. The van der Waals surface area contributed by atoms with Crippen LogP contribution >= 0.6 is 0 Å². The first-order chi connectivity index (χ1) is 8.13. The number of aliphatic hydroxyl groups excluding tert-OH is 1. The van der Waals surface area contributed by atoms with Crippen LogP contribution in [-0.4, -0.2) is 43.9 Å². The summed E-state index contributed by atoms with van der Waals surface area (Å²) in [6.07, 6.45) is 1.43. The molecule has 0 saturated heterocycles. The third-order valence-electron chi connectivity index (χ3n) is 2.55. The highest BCUT2D eigenvalue weighted by Gasteiger charge is 2.12. The molecule has 0 atom stereocenters. The van der Waals surface area contributed by atoms with Gasteiger partial charge in [-0.25, -0.2) is 19.3 Å². The van der Waals surface area contributed by atoms with Gasteiger partial charge in [0.2, 0.25) is 0 Å². The number of hydrogen-bond donors (Lipinski definition) is 2. The number of rotatable bonds is 4.